The first-order valence-corrected chi connectivity index (χ1v) is 13.2. The van der Waals surface area contributed by atoms with E-state index in [0.717, 1.165) is 59.0 Å². The SMILES string of the molecule is CCOc1ccccc1N1C[C@@H](c2nc3ccccc3n2CCCCOc2cc(C)ccc2C)CC1=O. The smallest absolute Gasteiger partial charge is 0.227 e. The standard InChI is InChI=1S/C31H35N3O3/c1-4-36-28-14-8-7-13-27(28)34-21-24(20-30(34)35)31-32-25-11-5-6-12-26(25)33(31)17-9-10-18-37-29-19-22(2)15-16-23(29)3/h5-8,11-16,19,24H,4,9-10,17-18,20-21H2,1-3H3/t24-/m0/s1. The van der Waals surface area contributed by atoms with Crippen LogP contribution in [0.5, 0.6) is 11.5 Å². The number of amides is 1. The van der Waals surface area contributed by atoms with Crippen molar-refractivity contribution in [1.82, 2.24) is 9.55 Å². The van der Waals surface area contributed by atoms with Gasteiger partial charge in [-0.15, -0.1) is 0 Å². The van der Waals surface area contributed by atoms with Gasteiger partial charge in [-0.1, -0.05) is 36.4 Å². The summed E-state index contributed by atoms with van der Waals surface area (Å²) in [7, 11) is 0. The monoisotopic (exact) mass is 497 g/mol. The summed E-state index contributed by atoms with van der Waals surface area (Å²) in [5, 5.41) is 0. The highest BCUT2D eigenvalue weighted by Crippen LogP contribution is 2.37. The van der Waals surface area contributed by atoms with E-state index in [0.29, 0.717) is 26.2 Å². The van der Waals surface area contributed by atoms with Gasteiger partial charge in [0.05, 0.1) is 29.9 Å². The fourth-order valence-electron chi connectivity index (χ4n) is 5.13. The molecule has 0 radical (unpaired) electrons. The van der Waals surface area contributed by atoms with Crippen LogP contribution in [-0.2, 0) is 11.3 Å². The zero-order valence-electron chi connectivity index (χ0n) is 21.9. The third-order valence-corrected chi connectivity index (χ3v) is 7.01. The second kappa shape index (κ2) is 11.1. The third-order valence-electron chi connectivity index (χ3n) is 7.01. The predicted octanol–water partition coefficient (Wildman–Crippen LogP) is 6.43. The first-order chi connectivity index (χ1) is 18.0. The number of para-hydroxylation sites is 4. The van der Waals surface area contributed by atoms with Crippen LogP contribution in [0.15, 0.2) is 66.7 Å². The Bertz CT molecular complexity index is 1390. The van der Waals surface area contributed by atoms with Crippen molar-refractivity contribution in [1.29, 1.82) is 0 Å². The van der Waals surface area contributed by atoms with Gasteiger partial charge in [0.1, 0.15) is 17.3 Å². The van der Waals surface area contributed by atoms with Crippen LogP contribution < -0.4 is 14.4 Å². The molecule has 1 fully saturated rings. The van der Waals surface area contributed by atoms with Crippen molar-refractivity contribution < 1.29 is 14.3 Å². The van der Waals surface area contributed by atoms with Gasteiger partial charge in [-0.2, -0.15) is 0 Å². The van der Waals surface area contributed by atoms with E-state index < -0.39 is 0 Å². The van der Waals surface area contributed by atoms with Crippen molar-refractivity contribution in [2.75, 3.05) is 24.7 Å². The lowest BCUT2D eigenvalue weighted by molar-refractivity contribution is -0.117. The highest BCUT2D eigenvalue weighted by atomic mass is 16.5. The summed E-state index contributed by atoms with van der Waals surface area (Å²) in [6, 6.07) is 22.3. The zero-order valence-corrected chi connectivity index (χ0v) is 21.9. The molecule has 6 nitrogen and oxygen atoms in total. The average molecular weight is 498 g/mol. The number of nitrogens with zero attached hydrogens (tertiary/aromatic N) is 3. The van der Waals surface area contributed by atoms with Crippen molar-refractivity contribution in [3.63, 3.8) is 0 Å². The Kier molecular flexibility index (Phi) is 7.45. The number of carbonyl (C=O) groups excluding carboxylic acids is 1. The molecule has 0 unspecified atom stereocenters. The number of hydrogen-bond acceptors (Lipinski definition) is 4. The Balaban J connectivity index is 1.31. The lowest BCUT2D eigenvalue weighted by Crippen LogP contribution is -2.25. The number of benzene rings is 3. The number of carbonyl (C=O) groups is 1. The normalized spacial score (nSPS) is 15.5. The van der Waals surface area contributed by atoms with E-state index in [1.165, 1.54) is 5.56 Å². The van der Waals surface area contributed by atoms with Gasteiger partial charge in [0.2, 0.25) is 5.91 Å². The molecule has 1 aliphatic heterocycles. The number of fused-ring (bicyclic) bond motifs is 1. The quantitative estimate of drug-likeness (QED) is 0.237. The van der Waals surface area contributed by atoms with Crippen LogP contribution in [0.1, 0.15) is 49.1 Å². The van der Waals surface area contributed by atoms with Crippen LogP contribution in [0.25, 0.3) is 11.0 Å². The first-order valence-electron chi connectivity index (χ1n) is 13.2. The van der Waals surface area contributed by atoms with E-state index in [4.69, 9.17) is 14.5 Å². The summed E-state index contributed by atoms with van der Waals surface area (Å²) in [5.74, 6) is 2.84. The lowest BCUT2D eigenvalue weighted by atomic mass is 10.1. The maximum absolute atomic E-state index is 13.1. The van der Waals surface area contributed by atoms with E-state index in [9.17, 15) is 4.79 Å². The van der Waals surface area contributed by atoms with Gasteiger partial charge in [-0.25, -0.2) is 4.98 Å². The molecule has 1 aromatic heterocycles. The number of imidazole rings is 1. The summed E-state index contributed by atoms with van der Waals surface area (Å²) in [4.78, 5) is 20.0. The number of aryl methyl sites for hydroxylation is 3. The molecule has 192 valence electrons. The van der Waals surface area contributed by atoms with Gasteiger partial charge in [0.25, 0.3) is 0 Å². The van der Waals surface area contributed by atoms with Crippen LogP contribution >= 0.6 is 0 Å². The Morgan fingerprint density at radius 1 is 0.946 bits per heavy atom. The van der Waals surface area contributed by atoms with Crippen molar-refractivity contribution in [3.8, 4) is 11.5 Å². The van der Waals surface area contributed by atoms with Crippen molar-refractivity contribution in [2.45, 2.75) is 52.5 Å². The number of aromatic nitrogens is 2. The second-order valence-electron chi connectivity index (χ2n) is 9.74. The molecule has 0 spiro atoms. The topological polar surface area (TPSA) is 56.6 Å². The van der Waals surface area contributed by atoms with Gasteiger partial charge < -0.3 is 18.9 Å². The summed E-state index contributed by atoms with van der Waals surface area (Å²) in [5.41, 5.74) is 5.30. The Morgan fingerprint density at radius 2 is 1.76 bits per heavy atom. The fraction of sp³-hybridized carbons (Fsp3) is 0.355. The molecule has 1 aliphatic rings. The Labute approximate surface area is 218 Å². The minimum atomic E-state index is 0.0285. The first kappa shape index (κ1) is 24.9. The predicted molar refractivity (Wildman–Crippen MR) is 148 cm³/mol. The van der Waals surface area contributed by atoms with Crippen molar-refractivity contribution in [2.24, 2.45) is 0 Å². The molecule has 6 heteroatoms. The maximum atomic E-state index is 13.1. The van der Waals surface area contributed by atoms with Crippen LogP contribution in [0.2, 0.25) is 0 Å². The van der Waals surface area contributed by atoms with E-state index >= 15 is 0 Å². The summed E-state index contributed by atoms with van der Waals surface area (Å²) in [6.07, 6.45) is 2.35. The molecule has 0 N–H and O–H groups in total. The maximum Gasteiger partial charge on any atom is 0.227 e. The molecule has 5 rings (SSSR count). The molecule has 0 saturated carbocycles. The second-order valence-corrected chi connectivity index (χ2v) is 9.74. The molecule has 0 aliphatic carbocycles. The molecule has 2 heterocycles. The molecule has 3 aromatic carbocycles. The molecule has 1 amide bonds. The number of ether oxygens (including phenoxy) is 2. The van der Waals surface area contributed by atoms with Crippen molar-refractivity contribution in [3.05, 3.63) is 83.7 Å². The van der Waals surface area contributed by atoms with E-state index in [-0.39, 0.29) is 11.8 Å². The third kappa shape index (κ3) is 5.33. The number of rotatable bonds is 10. The van der Waals surface area contributed by atoms with Gasteiger partial charge in [-0.05, 0) is 75.1 Å². The van der Waals surface area contributed by atoms with Gasteiger partial charge in [0, 0.05) is 25.4 Å². The minimum Gasteiger partial charge on any atom is -0.493 e. The highest BCUT2D eigenvalue weighted by Gasteiger charge is 2.35. The summed E-state index contributed by atoms with van der Waals surface area (Å²) < 4.78 is 14.2. The number of unbranched alkanes of at least 4 members (excludes halogenated alkanes) is 1. The molecule has 1 saturated heterocycles. The molecule has 4 aromatic rings. The Hall–Kier alpha value is -3.80. The largest absolute Gasteiger partial charge is 0.493 e. The van der Waals surface area contributed by atoms with Crippen LogP contribution in [-0.4, -0.2) is 35.2 Å². The van der Waals surface area contributed by atoms with Gasteiger partial charge >= 0.3 is 0 Å². The van der Waals surface area contributed by atoms with E-state index in [1.54, 1.807) is 0 Å². The Morgan fingerprint density at radius 3 is 2.62 bits per heavy atom. The summed E-state index contributed by atoms with van der Waals surface area (Å²) in [6.45, 7) is 8.80. The van der Waals surface area contributed by atoms with Crippen LogP contribution in [0.4, 0.5) is 5.69 Å². The van der Waals surface area contributed by atoms with Crippen molar-refractivity contribution >= 4 is 22.6 Å². The molecule has 1 atom stereocenters. The molecule has 37 heavy (non-hydrogen) atoms. The highest BCUT2D eigenvalue weighted by molar-refractivity contribution is 5.97. The lowest BCUT2D eigenvalue weighted by Gasteiger charge is -2.20. The number of hydrogen-bond donors (Lipinski definition) is 0. The van der Waals surface area contributed by atoms with Crippen LogP contribution in [0.3, 0.4) is 0 Å². The van der Waals surface area contributed by atoms with E-state index in [1.807, 2.05) is 42.2 Å². The molecule has 0 bridgehead atoms. The van der Waals surface area contributed by atoms with Crippen LogP contribution in [0, 0.1) is 13.8 Å². The minimum absolute atomic E-state index is 0.0285. The zero-order chi connectivity index (χ0) is 25.8. The van der Waals surface area contributed by atoms with Gasteiger partial charge in [-0.3, -0.25) is 4.79 Å². The average Bonchev–Trinajstić information content (AvgIpc) is 3.47. The molecular formula is C31H35N3O3. The summed E-state index contributed by atoms with van der Waals surface area (Å²) >= 11 is 0. The van der Waals surface area contributed by atoms with Gasteiger partial charge in [0.15, 0.2) is 0 Å². The molecular weight excluding hydrogens is 462 g/mol. The van der Waals surface area contributed by atoms with E-state index in [2.05, 4.69) is 54.8 Å². The fourth-order valence-corrected chi connectivity index (χ4v) is 5.13. The number of anilines is 1.